The molecule has 0 atom stereocenters. The summed E-state index contributed by atoms with van der Waals surface area (Å²) in [4.78, 5) is 8.12. The zero-order chi connectivity index (χ0) is 21.8. The number of oxazole rings is 1. The van der Waals surface area contributed by atoms with Crippen LogP contribution in [-0.4, -0.2) is 29.5 Å². The van der Waals surface area contributed by atoms with Crippen molar-refractivity contribution < 1.29 is 17.2 Å². The molecular weight excluding hydrogens is 443 g/mol. The second-order valence-electron chi connectivity index (χ2n) is 6.67. The molecule has 31 heavy (non-hydrogen) atoms. The van der Waals surface area contributed by atoms with Gasteiger partial charge in [0.2, 0.25) is 26.6 Å². The summed E-state index contributed by atoms with van der Waals surface area (Å²) < 4.78 is 48.2. The predicted molar refractivity (Wildman–Crippen MR) is 114 cm³/mol. The van der Waals surface area contributed by atoms with Crippen molar-refractivity contribution in [3.05, 3.63) is 78.1 Å². The fourth-order valence-corrected chi connectivity index (χ4v) is 4.36. The summed E-state index contributed by atoms with van der Waals surface area (Å²) in [5.41, 5.74) is 0.0709. The Labute approximate surface area is 183 Å². The van der Waals surface area contributed by atoms with Gasteiger partial charge in [-0.1, -0.05) is 23.7 Å². The van der Waals surface area contributed by atoms with Crippen LogP contribution in [0.15, 0.2) is 81.6 Å². The molecule has 0 amide bonds. The Kier molecular flexibility index (Phi) is 6.06. The zero-order valence-electron chi connectivity index (χ0n) is 16.2. The minimum atomic E-state index is -4.03. The lowest BCUT2D eigenvalue weighted by Gasteiger charge is -2.07. The molecule has 4 aromatic rings. The third-order valence-electron chi connectivity index (χ3n) is 4.52. The van der Waals surface area contributed by atoms with Gasteiger partial charge >= 0.3 is 0 Å². The average Bonchev–Trinajstić information content (AvgIpc) is 3.42. The van der Waals surface area contributed by atoms with Crippen molar-refractivity contribution in [3.8, 4) is 11.5 Å². The van der Waals surface area contributed by atoms with Gasteiger partial charge in [0.15, 0.2) is 0 Å². The molecule has 2 aromatic carbocycles. The van der Waals surface area contributed by atoms with Crippen molar-refractivity contribution in [3.63, 3.8) is 0 Å². The van der Waals surface area contributed by atoms with Crippen LogP contribution in [0.2, 0.25) is 5.02 Å². The summed E-state index contributed by atoms with van der Waals surface area (Å²) in [6, 6.07) is 11.6. The highest BCUT2D eigenvalue weighted by atomic mass is 35.5. The van der Waals surface area contributed by atoms with E-state index in [-0.39, 0.29) is 27.3 Å². The van der Waals surface area contributed by atoms with Gasteiger partial charge < -0.3 is 14.3 Å². The van der Waals surface area contributed by atoms with Gasteiger partial charge in [-0.15, -0.1) is 0 Å². The SMILES string of the molecule is O=S(=O)(c1ccc(Cl)cc1)c1nc(-c2ccccc2F)oc1NCCCn1ccnc1. The summed E-state index contributed by atoms with van der Waals surface area (Å²) in [5, 5.41) is 3.08. The smallest absolute Gasteiger partial charge is 0.233 e. The largest absolute Gasteiger partial charge is 0.419 e. The molecule has 0 bridgehead atoms. The topological polar surface area (TPSA) is 90.0 Å². The Hall–Kier alpha value is -3.17. The molecule has 10 heteroatoms. The summed E-state index contributed by atoms with van der Waals surface area (Å²) >= 11 is 5.88. The van der Waals surface area contributed by atoms with Gasteiger partial charge in [-0.2, -0.15) is 4.98 Å². The van der Waals surface area contributed by atoms with Crippen molar-refractivity contribution in [1.82, 2.24) is 14.5 Å². The molecule has 0 spiro atoms. The number of sulfone groups is 1. The van der Waals surface area contributed by atoms with Gasteiger partial charge in [-0.25, -0.2) is 17.8 Å². The summed E-state index contributed by atoms with van der Waals surface area (Å²) in [6.45, 7) is 1.09. The van der Waals surface area contributed by atoms with Crippen LogP contribution < -0.4 is 5.32 Å². The van der Waals surface area contributed by atoms with Crippen LogP contribution in [0.4, 0.5) is 10.3 Å². The van der Waals surface area contributed by atoms with Gasteiger partial charge in [-0.3, -0.25) is 0 Å². The van der Waals surface area contributed by atoms with E-state index in [1.165, 1.54) is 42.5 Å². The molecular formula is C21H18ClFN4O3S. The molecule has 0 fully saturated rings. The first-order chi connectivity index (χ1) is 14.9. The maximum Gasteiger partial charge on any atom is 0.233 e. The number of hydrogen-bond donors (Lipinski definition) is 1. The Morgan fingerprint density at radius 3 is 2.61 bits per heavy atom. The normalized spacial score (nSPS) is 11.5. The molecule has 0 aliphatic rings. The molecule has 4 rings (SSSR count). The average molecular weight is 461 g/mol. The first-order valence-corrected chi connectivity index (χ1v) is 11.3. The molecule has 0 radical (unpaired) electrons. The zero-order valence-corrected chi connectivity index (χ0v) is 17.8. The van der Waals surface area contributed by atoms with E-state index in [4.69, 9.17) is 16.0 Å². The Morgan fingerprint density at radius 2 is 1.90 bits per heavy atom. The van der Waals surface area contributed by atoms with Crippen molar-refractivity contribution in [2.75, 3.05) is 11.9 Å². The predicted octanol–water partition coefficient (Wildman–Crippen LogP) is 4.67. The van der Waals surface area contributed by atoms with E-state index in [0.29, 0.717) is 24.5 Å². The third kappa shape index (κ3) is 4.62. The van der Waals surface area contributed by atoms with E-state index < -0.39 is 15.7 Å². The van der Waals surface area contributed by atoms with Crippen molar-refractivity contribution in [2.24, 2.45) is 0 Å². The molecule has 1 N–H and O–H groups in total. The molecule has 0 aliphatic carbocycles. The molecule has 160 valence electrons. The number of nitrogens with one attached hydrogen (secondary N) is 1. The molecule has 0 saturated carbocycles. The number of aryl methyl sites for hydroxylation is 1. The van der Waals surface area contributed by atoms with Crippen LogP contribution in [0.3, 0.4) is 0 Å². The van der Waals surface area contributed by atoms with Gasteiger partial charge in [0, 0.05) is 30.5 Å². The van der Waals surface area contributed by atoms with Crippen LogP contribution in [0.1, 0.15) is 6.42 Å². The highest BCUT2D eigenvalue weighted by Gasteiger charge is 2.29. The highest BCUT2D eigenvalue weighted by Crippen LogP contribution is 2.33. The first kappa shape index (κ1) is 21.1. The quantitative estimate of drug-likeness (QED) is 0.384. The highest BCUT2D eigenvalue weighted by molar-refractivity contribution is 7.91. The van der Waals surface area contributed by atoms with E-state index in [9.17, 15) is 12.8 Å². The number of hydrogen-bond acceptors (Lipinski definition) is 6. The number of benzene rings is 2. The van der Waals surface area contributed by atoms with Crippen molar-refractivity contribution in [2.45, 2.75) is 22.9 Å². The van der Waals surface area contributed by atoms with Gasteiger partial charge in [0.25, 0.3) is 0 Å². The van der Waals surface area contributed by atoms with Crippen LogP contribution in [0.25, 0.3) is 11.5 Å². The fourth-order valence-electron chi connectivity index (χ4n) is 2.96. The van der Waals surface area contributed by atoms with Crippen molar-refractivity contribution in [1.29, 1.82) is 0 Å². The second kappa shape index (κ2) is 8.91. The molecule has 7 nitrogen and oxygen atoms in total. The van der Waals surface area contributed by atoms with Crippen LogP contribution in [0, 0.1) is 5.82 Å². The fraction of sp³-hybridized carbons (Fsp3) is 0.143. The maximum absolute atomic E-state index is 14.3. The Bertz CT molecular complexity index is 1270. The summed E-state index contributed by atoms with van der Waals surface area (Å²) in [7, 11) is -4.03. The van der Waals surface area contributed by atoms with Gasteiger partial charge in [0.1, 0.15) is 5.82 Å². The summed E-state index contributed by atoms with van der Waals surface area (Å²) in [6.07, 6.45) is 5.89. The van der Waals surface area contributed by atoms with E-state index >= 15 is 0 Å². The minimum absolute atomic E-state index is 0.00625. The Balaban J connectivity index is 1.66. The van der Waals surface area contributed by atoms with Gasteiger partial charge in [0.05, 0.1) is 16.8 Å². The van der Waals surface area contributed by atoms with Crippen molar-refractivity contribution >= 4 is 27.3 Å². The van der Waals surface area contributed by atoms with E-state index in [1.807, 2.05) is 10.8 Å². The lowest BCUT2D eigenvalue weighted by molar-refractivity contribution is 0.563. The lowest BCUT2D eigenvalue weighted by Crippen LogP contribution is -2.10. The number of nitrogens with zero attached hydrogens (tertiary/aromatic N) is 3. The van der Waals surface area contributed by atoms with Crippen LogP contribution in [-0.2, 0) is 16.4 Å². The number of halogens is 2. The monoisotopic (exact) mass is 460 g/mol. The first-order valence-electron chi connectivity index (χ1n) is 9.41. The van der Waals surface area contributed by atoms with Crippen LogP contribution >= 0.6 is 11.6 Å². The number of imidazole rings is 1. The molecule has 0 saturated heterocycles. The number of anilines is 1. The number of rotatable bonds is 8. The summed E-state index contributed by atoms with van der Waals surface area (Å²) in [5.74, 6) is -0.729. The second-order valence-corrected chi connectivity index (χ2v) is 8.97. The maximum atomic E-state index is 14.3. The third-order valence-corrected chi connectivity index (χ3v) is 6.45. The Morgan fingerprint density at radius 1 is 1.13 bits per heavy atom. The molecule has 0 aliphatic heterocycles. The lowest BCUT2D eigenvalue weighted by atomic mass is 10.2. The van der Waals surface area contributed by atoms with E-state index in [2.05, 4.69) is 15.3 Å². The number of aromatic nitrogens is 3. The minimum Gasteiger partial charge on any atom is -0.419 e. The van der Waals surface area contributed by atoms with Crippen LogP contribution in [0.5, 0.6) is 0 Å². The van der Waals surface area contributed by atoms with E-state index in [1.54, 1.807) is 18.6 Å². The standard InChI is InChI=1S/C21H18ClFN4O3S/c22-15-6-8-16(9-7-15)31(28,29)21-20(25-10-3-12-27-13-11-24-14-27)30-19(26-21)17-4-1-2-5-18(17)23/h1-2,4-9,11,13-14,25H,3,10,12H2. The van der Waals surface area contributed by atoms with E-state index in [0.717, 1.165) is 0 Å². The molecule has 2 heterocycles. The molecule has 2 aromatic heterocycles. The molecule has 0 unspecified atom stereocenters. The van der Waals surface area contributed by atoms with Gasteiger partial charge in [-0.05, 0) is 42.8 Å².